The summed E-state index contributed by atoms with van der Waals surface area (Å²) < 4.78 is 5.23. The predicted molar refractivity (Wildman–Crippen MR) is 108 cm³/mol. The molecule has 4 rings (SSSR count). The molecule has 4 fully saturated rings. The number of imide groups is 1. The fourth-order valence-electron chi connectivity index (χ4n) is 3.97. The van der Waals surface area contributed by atoms with Gasteiger partial charge in [0.1, 0.15) is 5.37 Å². The Morgan fingerprint density at radius 2 is 1.93 bits per heavy atom. The Labute approximate surface area is 172 Å². The van der Waals surface area contributed by atoms with Gasteiger partial charge in [-0.3, -0.25) is 20.2 Å². The number of amides is 4. The van der Waals surface area contributed by atoms with Crippen LogP contribution in [0.3, 0.4) is 0 Å². The van der Waals surface area contributed by atoms with Gasteiger partial charge in [0, 0.05) is 30.9 Å². The Hall–Kier alpha value is -1.01. The van der Waals surface area contributed by atoms with Gasteiger partial charge in [0.2, 0.25) is 11.8 Å². The van der Waals surface area contributed by atoms with E-state index in [0.29, 0.717) is 44.0 Å². The quantitative estimate of drug-likeness (QED) is 0.459. The Bertz CT molecular complexity index is 604. The highest BCUT2D eigenvalue weighted by Gasteiger charge is 2.42. The molecule has 5 atom stereocenters. The van der Waals surface area contributed by atoms with Crippen LogP contribution in [0, 0.1) is 5.92 Å². The van der Waals surface area contributed by atoms with E-state index < -0.39 is 5.92 Å². The molecule has 0 aromatic rings. The van der Waals surface area contributed by atoms with E-state index in [9.17, 15) is 14.4 Å². The zero-order chi connectivity index (χ0) is 19.5. The first-order valence-corrected chi connectivity index (χ1v) is 11.8. The van der Waals surface area contributed by atoms with Crippen molar-refractivity contribution in [2.75, 3.05) is 45.1 Å². The molecule has 4 amide bonds. The molecule has 11 heteroatoms. The van der Waals surface area contributed by atoms with Crippen molar-refractivity contribution < 1.29 is 19.1 Å². The number of thioether (sulfide) groups is 2. The molecule has 4 aliphatic heterocycles. The van der Waals surface area contributed by atoms with Crippen LogP contribution in [0.15, 0.2) is 0 Å². The molecule has 0 saturated carbocycles. The third-order valence-electron chi connectivity index (χ3n) is 5.57. The monoisotopic (exact) mass is 429 g/mol. The fraction of sp³-hybridized carbons (Fsp3) is 0.824. The zero-order valence-electron chi connectivity index (χ0n) is 15.6. The Morgan fingerprint density at radius 3 is 2.71 bits per heavy atom. The van der Waals surface area contributed by atoms with Crippen molar-refractivity contribution in [3.8, 4) is 0 Å². The minimum Gasteiger partial charge on any atom is -0.378 e. The van der Waals surface area contributed by atoms with Gasteiger partial charge in [-0.25, -0.2) is 4.79 Å². The van der Waals surface area contributed by atoms with E-state index in [-0.39, 0.29) is 28.6 Å². The number of morpholine rings is 1. The largest absolute Gasteiger partial charge is 0.378 e. The number of carbonyl (C=O) groups excluding carboxylic acids is 3. The normalized spacial score (nSPS) is 35.3. The SMILES string of the molecule is O=C(NC1SCCC1C(=O)NC(=O)N1CCOCC1)C1NC2CNCCC2S1. The maximum atomic E-state index is 12.7. The second-order valence-corrected chi connectivity index (χ2v) is 10.0. The zero-order valence-corrected chi connectivity index (χ0v) is 17.3. The molecule has 4 heterocycles. The standard InChI is InChI=1S/C17H27N5O4S2/c23-13(21-17(25)22-4-6-26-7-5-22)10-2-8-27-15(10)20-14(24)16-19-11-9-18-3-1-12(11)28-16/h10-12,15-16,18-19H,1-9H2,(H,20,24)(H,21,23,25). The third kappa shape index (κ3) is 4.59. The number of hydrogen-bond donors (Lipinski definition) is 4. The molecule has 0 spiro atoms. The van der Waals surface area contributed by atoms with Crippen LogP contribution in [0.4, 0.5) is 4.79 Å². The average molecular weight is 430 g/mol. The molecule has 5 unspecified atom stereocenters. The molecule has 28 heavy (non-hydrogen) atoms. The third-order valence-corrected chi connectivity index (χ3v) is 8.39. The van der Waals surface area contributed by atoms with Crippen LogP contribution in [-0.4, -0.2) is 89.9 Å². The maximum absolute atomic E-state index is 12.7. The minimum atomic E-state index is -0.394. The predicted octanol–water partition coefficient (Wildman–Crippen LogP) is -0.857. The lowest BCUT2D eigenvalue weighted by atomic mass is 10.1. The van der Waals surface area contributed by atoms with Gasteiger partial charge in [-0.15, -0.1) is 23.5 Å². The van der Waals surface area contributed by atoms with Gasteiger partial charge in [0.05, 0.1) is 24.5 Å². The number of piperidine rings is 1. The Balaban J connectivity index is 1.28. The molecule has 4 N–H and O–H groups in total. The molecule has 4 aliphatic rings. The van der Waals surface area contributed by atoms with E-state index in [1.54, 1.807) is 28.4 Å². The van der Waals surface area contributed by atoms with Gasteiger partial charge < -0.3 is 20.3 Å². The van der Waals surface area contributed by atoms with Crippen molar-refractivity contribution in [3.05, 3.63) is 0 Å². The van der Waals surface area contributed by atoms with Gasteiger partial charge in [0.15, 0.2) is 0 Å². The van der Waals surface area contributed by atoms with E-state index >= 15 is 0 Å². The number of urea groups is 1. The Kier molecular flexibility index (Phi) is 6.66. The molecule has 0 bridgehead atoms. The highest BCUT2D eigenvalue weighted by atomic mass is 32.2. The highest BCUT2D eigenvalue weighted by molar-refractivity contribution is 8.01. The summed E-state index contributed by atoms with van der Waals surface area (Å²) >= 11 is 3.25. The van der Waals surface area contributed by atoms with Crippen LogP contribution in [0.2, 0.25) is 0 Å². The van der Waals surface area contributed by atoms with Crippen molar-refractivity contribution >= 4 is 41.4 Å². The van der Waals surface area contributed by atoms with Crippen molar-refractivity contribution in [1.29, 1.82) is 0 Å². The molecule has 4 saturated heterocycles. The summed E-state index contributed by atoms with van der Waals surface area (Å²) in [6, 6.07) is -0.0594. The van der Waals surface area contributed by atoms with Gasteiger partial charge in [-0.1, -0.05) is 0 Å². The first-order valence-electron chi connectivity index (χ1n) is 9.83. The molecular formula is C17H27N5O4S2. The lowest BCUT2D eigenvalue weighted by molar-refractivity contribution is -0.125. The average Bonchev–Trinajstić information content (AvgIpc) is 3.35. The first-order chi connectivity index (χ1) is 13.6. The number of nitrogens with zero attached hydrogens (tertiary/aromatic N) is 1. The van der Waals surface area contributed by atoms with Crippen molar-refractivity contribution in [2.45, 2.75) is 34.9 Å². The number of nitrogens with one attached hydrogen (secondary N) is 4. The number of rotatable bonds is 3. The number of fused-ring (bicyclic) bond motifs is 1. The van der Waals surface area contributed by atoms with E-state index in [2.05, 4.69) is 21.3 Å². The second-order valence-electron chi connectivity index (χ2n) is 7.41. The van der Waals surface area contributed by atoms with E-state index in [1.807, 2.05) is 0 Å². The van der Waals surface area contributed by atoms with Gasteiger partial charge >= 0.3 is 6.03 Å². The highest BCUT2D eigenvalue weighted by Crippen LogP contribution is 2.34. The summed E-state index contributed by atoms with van der Waals surface area (Å²) in [4.78, 5) is 39.2. The summed E-state index contributed by atoms with van der Waals surface area (Å²) in [5.74, 6) is 0.0110. The number of ether oxygens (including phenoxy) is 1. The van der Waals surface area contributed by atoms with Crippen molar-refractivity contribution in [2.24, 2.45) is 5.92 Å². The second kappa shape index (κ2) is 9.21. The number of hydrogen-bond acceptors (Lipinski definition) is 8. The number of carbonyl (C=O) groups is 3. The van der Waals surface area contributed by atoms with Crippen LogP contribution in [0.25, 0.3) is 0 Å². The maximum Gasteiger partial charge on any atom is 0.324 e. The fourth-order valence-corrected chi connectivity index (χ4v) is 6.72. The van der Waals surface area contributed by atoms with E-state index in [0.717, 1.165) is 25.3 Å². The Morgan fingerprint density at radius 1 is 1.11 bits per heavy atom. The topological polar surface area (TPSA) is 112 Å². The summed E-state index contributed by atoms with van der Waals surface area (Å²) in [5, 5.41) is 12.1. The van der Waals surface area contributed by atoms with E-state index in [1.165, 1.54) is 0 Å². The molecule has 0 aromatic heterocycles. The summed E-state index contributed by atoms with van der Waals surface area (Å²) in [7, 11) is 0. The van der Waals surface area contributed by atoms with Crippen molar-refractivity contribution in [3.63, 3.8) is 0 Å². The van der Waals surface area contributed by atoms with Crippen LogP contribution >= 0.6 is 23.5 Å². The van der Waals surface area contributed by atoms with Gasteiger partial charge in [-0.05, 0) is 25.1 Å². The first kappa shape index (κ1) is 20.3. The molecule has 9 nitrogen and oxygen atoms in total. The smallest absolute Gasteiger partial charge is 0.324 e. The lowest BCUT2D eigenvalue weighted by Crippen LogP contribution is -2.53. The van der Waals surface area contributed by atoms with Crippen LogP contribution < -0.4 is 21.3 Å². The summed E-state index contributed by atoms with van der Waals surface area (Å²) in [6.07, 6.45) is 1.71. The molecule has 0 aliphatic carbocycles. The van der Waals surface area contributed by atoms with Gasteiger partial charge in [-0.2, -0.15) is 0 Å². The van der Waals surface area contributed by atoms with Crippen LogP contribution in [0.5, 0.6) is 0 Å². The van der Waals surface area contributed by atoms with Crippen molar-refractivity contribution in [1.82, 2.24) is 26.2 Å². The summed E-state index contributed by atoms with van der Waals surface area (Å²) in [6.45, 7) is 3.82. The molecule has 0 radical (unpaired) electrons. The minimum absolute atomic E-state index is 0.0731. The van der Waals surface area contributed by atoms with E-state index in [4.69, 9.17) is 4.74 Å². The molecule has 0 aromatic carbocycles. The van der Waals surface area contributed by atoms with Gasteiger partial charge in [0.25, 0.3) is 0 Å². The molecular weight excluding hydrogens is 402 g/mol. The van der Waals surface area contributed by atoms with Crippen LogP contribution in [-0.2, 0) is 14.3 Å². The van der Waals surface area contributed by atoms with Crippen LogP contribution in [0.1, 0.15) is 12.8 Å². The molecule has 156 valence electrons. The lowest BCUT2D eigenvalue weighted by Gasteiger charge is -2.27. The summed E-state index contributed by atoms with van der Waals surface area (Å²) in [5.41, 5.74) is 0.